The number of carbonyl (C=O) groups is 1. The number of benzene rings is 2. The zero-order valence-corrected chi connectivity index (χ0v) is 16.0. The van der Waals surface area contributed by atoms with Crippen LogP contribution in [0.25, 0.3) is 0 Å². The predicted molar refractivity (Wildman–Crippen MR) is 100 cm³/mol. The van der Waals surface area contributed by atoms with Crippen molar-refractivity contribution in [1.82, 2.24) is 4.31 Å². The molecular formula is C19H22F2N2O3S. The van der Waals surface area contributed by atoms with Crippen LogP contribution in [0.4, 0.5) is 14.5 Å². The molecule has 0 fully saturated rings. The van der Waals surface area contributed by atoms with Crippen molar-refractivity contribution in [2.45, 2.75) is 31.6 Å². The summed E-state index contributed by atoms with van der Waals surface area (Å²) in [5.41, 5.74) is 0.180. The maximum Gasteiger partial charge on any atom is 0.255 e. The number of amides is 1. The number of sulfonamides is 1. The third kappa shape index (κ3) is 5.11. The Balaban J connectivity index is 2.27. The van der Waals surface area contributed by atoms with Crippen LogP contribution < -0.4 is 5.32 Å². The molecule has 27 heavy (non-hydrogen) atoms. The monoisotopic (exact) mass is 396 g/mol. The molecular weight excluding hydrogens is 374 g/mol. The first kappa shape index (κ1) is 21.0. The van der Waals surface area contributed by atoms with Gasteiger partial charge in [-0.15, -0.1) is 0 Å². The molecule has 0 radical (unpaired) electrons. The summed E-state index contributed by atoms with van der Waals surface area (Å²) in [6, 6.07) is 8.63. The molecule has 0 saturated carbocycles. The third-order valence-electron chi connectivity index (χ3n) is 3.86. The molecule has 0 heterocycles. The van der Waals surface area contributed by atoms with Crippen molar-refractivity contribution in [3.63, 3.8) is 0 Å². The zero-order chi connectivity index (χ0) is 20.0. The van der Waals surface area contributed by atoms with Gasteiger partial charge in [0.2, 0.25) is 10.0 Å². The molecule has 2 rings (SSSR count). The average Bonchev–Trinajstić information content (AvgIpc) is 2.64. The fraction of sp³-hybridized carbons (Fsp3) is 0.316. The standard InChI is InChI=1S/C19H22F2N2O3S/c1-3-10-23(11-4-2)27(25,26)16-7-5-6-14(12-16)19(24)22-15-8-9-17(20)18(21)13-15/h5-9,12-13H,3-4,10-11H2,1-2H3,(H,22,24). The molecule has 2 aromatic carbocycles. The zero-order valence-electron chi connectivity index (χ0n) is 15.2. The number of hydrogen-bond donors (Lipinski definition) is 1. The van der Waals surface area contributed by atoms with E-state index in [0.29, 0.717) is 25.9 Å². The Labute approximate surface area is 158 Å². The van der Waals surface area contributed by atoms with Gasteiger partial charge >= 0.3 is 0 Å². The van der Waals surface area contributed by atoms with Crippen LogP contribution in [0, 0.1) is 11.6 Å². The smallest absolute Gasteiger partial charge is 0.255 e. The van der Waals surface area contributed by atoms with Crippen LogP contribution in [-0.2, 0) is 10.0 Å². The molecule has 5 nitrogen and oxygen atoms in total. The summed E-state index contributed by atoms with van der Waals surface area (Å²) in [7, 11) is -3.72. The van der Waals surface area contributed by atoms with Gasteiger partial charge in [0.25, 0.3) is 5.91 Å². The van der Waals surface area contributed by atoms with E-state index in [1.54, 1.807) is 0 Å². The van der Waals surface area contributed by atoms with E-state index in [9.17, 15) is 22.0 Å². The van der Waals surface area contributed by atoms with Crippen LogP contribution in [0.1, 0.15) is 37.0 Å². The second-order valence-electron chi connectivity index (χ2n) is 6.01. The topological polar surface area (TPSA) is 66.5 Å². The number of nitrogens with one attached hydrogen (secondary N) is 1. The lowest BCUT2D eigenvalue weighted by atomic mass is 10.2. The van der Waals surface area contributed by atoms with Crippen LogP contribution in [-0.4, -0.2) is 31.7 Å². The average molecular weight is 396 g/mol. The van der Waals surface area contributed by atoms with Crippen molar-refractivity contribution in [2.24, 2.45) is 0 Å². The fourth-order valence-electron chi connectivity index (χ4n) is 2.57. The molecule has 0 unspecified atom stereocenters. The second kappa shape index (κ2) is 9.05. The molecule has 0 aliphatic heterocycles. The van der Waals surface area contributed by atoms with Gasteiger partial charge in [0, 0.05) is 30.4 Å². The Kier molecular flexibility index (Phi) is 7.04. The van der Waals surface area contributed by atoms with E-state index in [2.05, 4.69) is 5.32 Å². The highest BCUT2D eigenvalue weighted by atomic mass is 32.2. The Hall–Kier alpha value is -2.32. The molecule has 0 aliphatic rings. The van der Waals surface area contributed by atoms with E-state index in [1.807, 2.05) is 13.8 Å². The summed E-state index contributed by atoms with van der Waals surface area (Å²) < 4.78 is 53.3. The summed E-state index contributed by atoms with van der Waals surface area (Å²) >= 11 is 0. The van der Waals surface area contributed by atoms with Crippen molar-refractivity contribution in [3.05, 3.63) is 59.7 Å². The Morgan fingerprint density at radius 2 is 1.67 bits per heavy atom. The Morgan fingerprint density at radius 3 is 2.26 bits per heavy atom. The van der Waals surface area contributed by atoms with Gasteiger partial charge in [0.1, 0.15) is 0 Å². The molecule has 0 bridgehead atoms. The number of anilines is 1. The van der Waals surface area contributed by atoms with E-state index < -0.39 is 27.6 Å². The van der Waals surface area contributed by atoms with Crippen LogP contribution >= 0.6 is 0 Å². The predicted octanol–water partition coefficient (Wildman–Crippen LogP) is 4.03. The SMILES string of the molecule is CCCN(CCC)S(=O)(=O)c1cccc(C(=O)Nc2ccc(F)c(F)c2)c1. The minimum Gasteiger partial charge on any atom is -0.322 e. The summed E-state index contributed by atoms with van der Waals surface area (Å²) in [5.74, 6) is -2.72. The lowest BCUT2D eigenvalue weighted by Gasteiger charge is -2.21. The highest BCUT2D eigenvalue weighted by Crippen LogP contribution is 2.19. The van der Waals surface area contributed by atoms with Gasteiger partial charge in [0.15, 0.2) is 11.6 Å². The largest absolute Gasteiger partial charge is 0.322 e. The third-order valence-corrected chi connectivity index (χ3v) is 5.75. The van der Waals surface area contributed by atoms with Crippen LogP contribution in [0.2, 0.25) is 0 Å². The summed E-state index contributed by atoms with van der Waals surface area (Å²) in [4.78, 5) is 12.4. The number of nitrogens with zero attached hydrogens (tertiary/aromatic N) is 1. The number of hydrogen-bond acceptors (Lipinski definition) is 3. The Morgan fingerprint density at radius 1 is 1.00 bits per heavy atom. The van der Waals surface area contributed by atoms with Crippen molar-refractivity contribution in [2.75, 3.05) is 18.4 Å². The van der Waals surface area contributed by atoms with Crippen LogP contribution in [0.5, 0.6) is 0 Å². The maximum absolute atomic E-state index is 13.3. The van der Waals surface area contributed by atoms with Gasteiger partial charge in [-0.3, -0.25) is 4.79 Å². The van der Waals surface area contributed by atoms with Gasteiger partial charge < -0.3 is 5.32 Å². The molecule has 146 valence electrons. The van der Waals surface area contributed by atoms with E-state index in [1.165, 1.54) is 34.6 Å². The van der Waals surface area contributed by atoms with Crippen molar-refractivity contribution < 1.29 is 22.0 Å². The highest BCUT2D eigenvalue weighted by Gasteiger charge is 2.24. The first-order valence-electron chi connectivity index (χ1n) is 8.66. The molecule has 1 amide bonds. The van der Waals surface area contributed by atoms with Crippen LogP contribution in [0.15, 0.2) is 47.4 Å². The van der Waals surface area contributed by atoms with Gasteiger partial charge in [-0.25, -0.2) is 17.2 Å². The Bertz CT molecular complexity index is 911. The molecule has 0 saturated heterocycles. The van der Waals surface area contributed by atoms with Crippen molar-refractivity contribution in [3.8, 4) is 0 Å². The van der Waals surface area contributed by atoms with Gasteiger partial charge in [0.05, 0.1) is 4.90 Å². The van der Waals surface area contributed by atoms with Gasteiger partial charge in [-0.2, -0.15) is 4.31 Å². The van der Waals surface area contributed by atoms with Gasteiger partial charge in [-0.05, 0) is 43.2 Å². The molecule has 0 aromatic heterocycles. The molecule has 0 atom stereocenters. The summed E-state index contributed by atoms with van der Waals surface area (Å²) in [6.07, 6.45) is 1.35. The number of halogens is 2. The number of carbonyl (C=O) groups excluding carboxylic acids is 1. The second-order valence-corrected chi connectivity index (χ2v) is 7.95. The molecule has 0 spiro atoms. The molecule has 8 heteroatoms. The summed E-state index contributed by atoms with van der Waals surface area (Å²) in [6.45, 7) is 4.57. The molecule has 0 aliphatic carbocycles. The van der Waals surface area contributed by atoms with E-state index in [0.717, 1.165) is 12.1 Å². The van der Waals surface area contributed by atoms with Gasteiger partial charge in [-0.1, -0.05) is 19.9 Å². The first-order valence-corrected chi connectivity index (χ1v) is 10.1. The van der Waals surface area contributed by atoms with E-state index in [4.69, 9.17) is 0 Å². The lowest BCUT2D eigenvalue weighted by Crippen LogP contribution is -2.32. The number of rotatable bonds is 8. The van der Waals surface area contributed by atoms with Crippen molar-refractivity contribution >= 4 is 21.6 Å². The van der Waals surface area contributed by atoms with Crippen LogP contribution in [0.3, 0.4) is 0 Å². The first-order chi connectivity index (χ1) is 12.8. The van der Waals surface area contributed by atoms with Crippen molar-refractivity contribution in [1.29, 1.82) is 0 Å². The minimum absolute atomic E-state index is 0.0161. The highest BCUT2D eigenvalue weighted by molar-refractivity contribution is 7.89. The normalized spacial score (nSPS) is 11.6. The van der Waals surface area contributed by atoms with E-state index >= 15 is 0 Å². The maximum atomic E-state index is 13.3. The quantitative estimate of drug-likeness (QED) is 0.733. The summed E-state index contributed by atoms with van der Waals surface area (Å²) in [5, 5.41) is 2.43. The molecule has 2 aromatic rings. The van der Waals surface area contributed by atoms with E-state index in [-0.39, 0.29) is 16.1 Å². The molecule has 1 N–H and O–H groups in total. The fourth-order valence-corrected chi connectivity index (χ4v) is 4.25. The lowest BCUT2D eigenvalue weighted by molar-refractivity contribution is 0.102. The minimum atomic E-state index is -3.72.